The molecular weight excluding hydrogens is 400 g/mol. The highest BCUT2D eigenvalue weighted by atomic mass is 16.5. The Bertz CT molecular complexity index is 916. The molecule has 10 nitrogen and oxygen atoms in total. The Morgan fingerprint density at radius 2 is 1.74 bits per heavy atom. The quantitative estimate of drug-likeness (QED) is 0.483. The van der Waals surface area contributed by atoms with Gasteiger partial charge in [-0.25, -0.2) is 4.79 Å². The van der Waals surface area contributed by atoms with Crippen LogP contribution in [0, 0.1) is 6.92 Å². The predicted octanol–water partition coefficient (Wildman–Crippen LogP) is 1.48. The Balaban J connectivity index is 1.49. The highest BCUT2D eigenvalue weighted by molar-refractivity contribution is 5.73. The summed E-state index contributed by atoms with van der Waals surface area (Å²) >= 11 is 0. The van der Waals surface area contributed by atoms with Crippen LogP contribution in [0.1, 0.15) is 44.7 Å². The Hall–Kier alpha value is -2.46. The van der Waals surface area contributed by atoms with E-state index in [9.17, 15) is 9.59 Å². The predicted molar refractivity (Wildman–Crippen MR) is 118 cm³/mol. The van der Waals surface area contributed by atoms with Crippen molar-refractivity contribution in [3.8, 4) is 6.01 Å². The van der Waals surface area contributed by atoms with Gasteiger partial charge in [0, 0.05) is 39.3 Å². The molecule has 0 saturated carbocycles. The molecule has 10 heteroatoms. The van der Waals surface area contributed by atoms with E-state index >= 15 is 0 Å². The lowest BCUT2D eigenvalue weighted by atomic mass is 10.2. The molecule has 2 aromatic heterocycles. The number of hydrogen-bond acceptors (Lipinski definition) is 7. The van der Waals surface area contributed by atoms with Crippen LogP contribution in [0.25, 0.3) is 11.2 Å². The number of aryl methyl sites for hydroxylation is 2. The molecule has 0 aromatic carbocycles. The molecule has 0 amide bonds. The normalized spacial score (nSPS) is 15.5. The smallest absolute Gasteiger partial charge is 0.327 e. The van der Waals surface area contributed by atoms with Crippen LogP contribution in [0.2, 0.25) is 0 Å². The lowest BCUT2D eigenvalue weighted by Crippen LogP contribution is -2.47. The summed E-state index contributed by atoms with van der Waals surface area (Å²) in [5.74, 6) is -0.741. The number of nitrogens with one attached hydrogen (secondary N) is 1. The van der Waals surface area contributed by atoms with Gasteiger partial charge in [-0.2, -0.15) is 9.97 Å². The third-order valence-corrected chi connectivity index (χ3v) is 5.72. The van der Waals surface area contributed by atoms with Crippen molar-refractivity contribution in [3.63, 3.8) is 0 Å². The van der Waals surface area contributed by atoms with Gasteiger partial charge in [0.05, 0.1) is 18.7 Å². The van der Waals surface area contributed by atoms with Crippen molar-refractivity contribution in [2.24, 2.45) is 0 Å². The van der Waals surface area contributed by atoms with E-state index in [4.69, 9.17) is 9.84 Å². The van der Waals surface area contributed by atoms with Crippen LogP contribution in [-0.2, 0) is 11.3 Å². The third-order valence-electron chi connectivity index (χ3n) is 5.72. The van der Waals surface area contributed by atoms with Gasteiger partial charge < -0.3 is 24.6 Å². The van der Waals surface area contributed by atoms with Crippen LogP contribution < -0.4 is 10.4 Å². The first kappa shape index (κ1) is 23.2. The maximum absolute atomic E-state index is 12.4. The molecule has 1 saturated heterocycles. The Morgan fingerprint density at radius 3 is 2.42 bits per heavy atom. The summed E-state index contributed by atoms with van der Waals surface area (Å²) in [4.78, 5) is 39.5. The van der Waals surface area contributed by atoms with E-state index in [1.54, 1.807) is 4.57 Å². The van der Waals surface area contributed by atoms with Gasteiger partial charge in [-0.3, -0.25) is 9.36 Å². The topological polar surface area (TPSA) is 117 Å². The summed E-state index contributed by atoms with van der Waals surface area (Å²) in [7, 11) is 0. The summed E-state index contributed by atoms with van der Waals surface area (Å²) in [6, 6.07) is 0.326. The summed E-state index contributed by atoms with van der Waals surface area (Å²) < 4.78 is 7.33. The van der Waals surface area contributed by atoms with E-state index in [0.29, 0.717) is 42.6 Å². The molecule has 1 fully saturated rings. The molecule has 0 aliphatic carbocycles. The van der Waals surface area contributed by atoms with Crippen molar-refractivity contribution in [2.45, 2.75) is 52.5 Å². The van der Waals surface area contributed by atoms with Gasteiger partial charge in [0.1, 0.15) is 5.52 Å². The van der Waals surface area contributed by atoms with Crippen LogP contribution in [-0.4, -0.2) is 86.3 Å². The number of aromatic nitrogens is 4. The number of aliphatic carboxylic acids is 1. The number of carboxylic acids is 1. The first-order valence-corrected chi connectivity index (χ1v) is 11.2. The fraction of sp³-hybridized carbons (Fsp3) is 0.714. The fourth-order valence-electron chi connectivity index (χ4n) is 3.82. The monoisotopic (exact) mass is 434 g/mol. The second-order valence-corrected chi connectivity index (χ2v) is 8.11. The molecule has 0 spiro atoms. The molecule has 0 bridgehead atoms. The van der Waals surface area contributed by atoms with Crippen LogP contribution >= 0.6 is 0 Å². The number of imidazole rings is 1. The van der Waals surface area contributed by atoms with Crippen molar-refractivity contribution >= 4 is 17.1 Å². The Morgan fingerprint density at radius 1 is 1.06 bits per heavy atom. The van der Waals surface area contributed by atoms with E-state index < -0.39 is 5.97 Å². The summed E-state index contributed by atoms with van der Waals surface area (Å²) in [6.45, 7) is 10.5. The van der Waals surface area contributed by atoms with Gasteiger partial charge in [-0.05, 0) is 32.7 Å². The van der Waals surface area contributed by atoms with Crippen molar-refractivity contribution in [2.75, 3.05) is 45.9 Å². The molecule has 1 aliphatic rings. The van der Waals surface area contributed by atoms with Crippen LogP contribution in [0.3, 0.4) is 0 Å². The van der Waals surface area contributed by atoms with Crippen molar-refractivity contribution in [3.05, 3.63) is 16.2 Å². The van der Waals surface area contributed by atoms with Gasteiger partial charge in [-0.15, -0.1) is 0 Å². The maximum Gasteiger partial charge on any atom is 0.327 e. The number of H-pyrrole nitrogens is 1. The molecule has 2 N–H and O–H groups in total. The van der Waals surface area contributed by atoms with Gasteiger partial charge in [0.2, 0.25) is 0 Å². The highest BCUT2D eigenvalue weighted by Crippen LogP contribution is 2.16. The number of rotatable bonds is 12. The number of hydrogen-bond donors (Lipinski definition) is 2. The molecule has 2 aromatic rings. The van der Waals surface area contributed by atoms with E-state index in [0.717, 1.165) is 58.4 Å². The zero-order valence-corrected chi connectivity index (χ0v) is 18.6. The number of carbonyl (C=O) groups is 1. The molecule has 1 aliphatic heterocycles. The maximum atomic E-state index is 12.4. The summed E-state index contributed by atoms with van der Waals surface area (Å²) in [5, 5.41) is 8.80. The van der Waals surface area contributed by atoms with Crippen LogP contribution in [0.5, 0.6) is 6.01 Å². The molecule has 31 heavy (non-hydrogen) atoms. The fourth-order valence-corrected chi connectivity index (χ4v) is 3.82. The third kappa shape index (κ3) is 6.51. The molecule has 0 radical (unpaired) electrons. The molecular formula is C21H34N6O4. The van der Waals surface area contributed by atoms with Gasteiger partial charge in [0.15, 0.2) is 5.65 Å². The molecule has 3 rings (SSSR count). The number of unbranched alkanes of at least 4 members (excludes halogenated alkanes) is 2. The minimum absolute atomic E-state index is 0.162. The SMILES string of the molecule is CCCCOc1nc(C)c2[nH]c(=O)n(CCCCN3CCN(CCC(=O)O)CC3)c2n1. The van der Waals surface area contributed by atoms with Crippen molar-refractivity contribution in [1.29, 1.82) is 0 Å². The summed E-state index contributed by atoms with van der Waals surface area (Å²) in [5.41, 5.74) is 1.83. The van der Waals surface area contributed by atoms with E-state index in [2.05, 4.69) is 31.7 Å². The Kier molecular flexibility index (Phi) is 8.42. The first-order chi connectivity index (χ1) is 15.0. The average Bonchev–Trinajstić information content (AvgIpc) is 3.06. The van der Waals surface area contributed by atoms with E-state index in [-0.39, 0.29) is 12.1 Å². The van der Waals surface area contributed by atoms with Crippen molar-refractivity contribution in [1.82, 2.24) is 29.3 Å². The standard InChI is InChI=1S/C21H34N6O4/c1-3-4-15-31-20-22-16(2)18-19(24-20)27(21(30)23-18)9-6-5-8-25-11-13-26(14-12-25)10-7-17(28)29/h3-15H2,1-2H3,(H,23,30)(H,28,29). The number of ether oxygens (including phenoxy) is 1. The second kappa shape index (κ2) is 11.2. The number of aromatic amines is 1. The Labute approximate surface area is 182 Å². The zero-order valence-electron chi connectivity index (χ0n) is 18.6. The van der Waals surface area contributed by atoms with Gasteiger partial charge >= 0.3 is 17.7 Å². The highest BCUT2D eigenvalue weighted by Gasteiger charge is 2.17. The van der Waals surface area contributed by atoms with Crippen LogP contribution in [0.15, 0.2) is 4.79 Å². The molecule has 3 heterocycles. The summed E-state index contributed by atoms with van der Waals surface area (Å²) in [6.07, 6.45) is 4.04. The van der Waals surface area contributed by atoms with Crippen LogP contribution in [0.4, 0.5) is 0 Å². The zero-order chi connectivity index (χ0) is 22.2. The van der Waals surface area contributed by atoms with Crippen molar-refractivity contribution < 1.29 is 14.6 Å². The molecule has 0 atom stereocenters. The second-order valence-electron chi connectivity index (χ2n) is 8.11. The number of carboxylic acid groups (broad SMARTS) is 1. The van der Waals surface area contributed by atoms with Gasteiger partial charge in [-0.1, -0.05) is 13.3 Å². The van der Waals surface area contributed by atoms with Gasteiger partial charge in [0.25, 0.3) is 0 Å². The van der Waals surface area contributed by atoms with E-state index in [1.807, 2.05) is 6.92 Å². The average molecular weight is 435 g/mol. The minimum atomic E-state index is -0.741. The largest absolute Gasteiger partial charge is 0.481 e. The number of piperazine rings is 1. The number of nitrogens with zero attached hydrogens (tertiary/aromatic N) is 5. The molecule has 172 valence electrons. The number of fused-ring (bicyclic) bond motifs is 1. The molecule has 0 unspecified atom stereocenters. The minimum Gasteiger partial charge on any atom is -0.481 e. The first-order valence-electron chi connectivity index (χ1n) is 11.2. The lowest BCUT2D eigenvalue weighted by molar-refractivity contribution is -0.137. The van der Waals surface area contributed by atoms with E-state index in [1.165, 1.54) is 0 Å². The lowest BCUT2D eigenvalue weighted by Gasteiger charge is -2.34.